The monoisotopic (exact) mass is 320 g/mol. The Bertz CT molecular complexity index is 733. The van der Waals surface area contributed by atoms with E-state index >= 15 is 0 Å². The Kier molecular flexibility index (Phi) is 3.89. The van der Waals surface area contributed by atoms with Gasteiger partial charge in [0.1, 0.15) is 0 Å². The molecule has 2 fully saturated rings. The highest BCUT2D eigenvalue weighted by Crippen LogP contribution is 2.44. The van der Waals surface area contributed by atoms with Crippen LogP contribution in [0.2, 0.25) is 0 Å². The zero-order valence-electron chi connectivity index (χ0n) is 14.2. The molecular formula is C21H24N2O. The maximum absolute atomic E-state index is 12.8. The van der Waals surface area contributed by atoms with Crippen molar-refractivity contribution in [2.45, 2.75) is 26.3 Å². The van der Waals surface area contributed by atoms with Crippen LogP contribution in [0.1, 0.15) is 24.0 Å². The largest absolute Gasteiger partial charge is 0.311 e. The number of aryl methyl sites for hydroxylation is 1. The zero-order valence-corrected chi connectivity index (χ0v) is 14.2. The fourth-order valence-corrected chi connectivity index (χ4v) is 4.03. The SMILES string of the molecule is Cc1cccc(CN2CCC3(CC2)CN(c2ccccc2)C3=O)c1. The smallest absolute Gasteiger partial charge is 0.235 e. The molecule has 24 heavy (non-hydrogen) atoms. The van der Waals surface area contributed by atoms with Gasteiger partial charge in [0.2, 0.25) is 5.91 Å². The topological polar surface area (TPSA) is 23.6 Å². The average Bonchev–Trinajstić information content (AvgIpc) is 2.61. The van der Waals surface area contributed by atoms with Gasteiger partial charge in [0.05, 0.1) is 5.41 Å². The number of rotatable bonds is 3. The Morgan fingerprint density at radius 3 is 2.42 bits per heavy atom. The van der Waals surface area contributed by atoms with Gasteiger partial charge in [-0.1, -0.05) is 48.0 Å². The van der Waals surface area contributed by atoms with E-state index < -0.39 is 0 Å². The minimum atomic E-state index is -0.0983. The predicted molar refractivity (Wildman–Crippen MR) is 96.9 cm³/mol. The molecular weight excluding hydrogens is 296 g/mol. The number of nitrogens with zero attached hydrogens (tertiary/aromatic N) is 2. The van der Waals surface area contributed by atoms with E-state index in [9.17, 15) is 4.79 Å². The van der Waals surface area contributed by atoms with Crippen LogP contribution < -0.4 is 4.90 Å². The molecule has 0 N–H and O–H groups in total. The molecule has 0 radical (unpaired) electrons. The van der Waals surface area contributed by atoms with E-state index in [2.05, 4.69) is 36.1 Å². The summed E-state index contributed by atoms with van der Waals surface area (Å²) in [6, 6.07) is 18.8. The molecule has 0 bridgehead atoms. The number of piperidine rings is 1. The van der Waals surface area contributed by atoms with Crippen molar-refractivity contribution in [1.82, 2.24) is 4.90 Å². The third-order valence-electron chi connectivity index (χ3n) is 5.53. The van der Waals surface area contributed by atoms with Crippen molar-refractivity contribution in [2.24, 2.45) is 5.41 Å². The van der Waals surface area contributed by atoms with E-state index in [0.29, 0.717) is 5.91 Å². The molecule has 3 heteroatoms. The summed E-state index contributed by atoms with van der Waals surface area (Å²) < 4.78 is 0. The van der Waals surface area contributed by atoms with Gasteiger partial charge in [-0.15, -0.1) is 0 Å². The Labute approximate surface area is 143 Å². The number of carbonyl (C=O) groups excluding carboxylic acids is 1. The molecule has 2 aliphatic rings. The highest BCUT2D eigenvalue weighted by molar-refractivity contribution is 6.04. The third kappa shape index (κ3) is 2.73. The van der Waals surface area contributed by atoms with E-state index in [-0.39, 0.29) is 5.41 Å². The first-order valence-corrected chi connectivity index (χ1v) is 8.81. The second-order valence-corrected chi connectivity index (χ2v) is 7.27. The molecule has 2 aromatic rings. The molecule has 2 heterocycles. The van der Waals surface area contributed by atoms with Crippen LogP contribution in [-0.2, 0) is 11.3 Å². The first kappa shape index (κ1) is 15.4. The van der Waals surface area contributed by atoms with Crippen LogP contribution in [0.15, 0.2) is 54.6 Å². The van der Waals surface area contributed by atoms with E-state index in [1.807, 2.05) is 35.2 Å². The lowest BCUT2D eigenvalue weighted by Gasteiger charge is -2.52. The fourth-order valence-electron chi connectivity index (χ4n) is 4.03. The summed E-state index contributed by atoms with van der Waals surface area (Å²) in [5, 5.41) is 0. The molecule has 0 aromatic heterocycles. The molecule has 1 amide bonds. The number of amides is 1. The van der Waals surface area contributed by atoms with Crippen molar-refractivity contribution >= 4 is 11.6 Å². The lowest BCUT2D eigenvalue weighted by Crippen LogP contribution is -2.64. The summed E-state index contributed by atoms with van der Waals surface area (Å²) in [5.74, 6) is 0.323. The average molecular weight is 320 g/mol. The van der Waals surface area contributed by atoms with Crippen molar-refractivity contribution < 1.29 is 4.79 Å². The quantitative estimate of drug-likeness (QED) is 0.806. The summed E-state index contributed by atoms with van der Waals surface area (Å²) in [4.78, 5) is 17.2. The Balaban J connectivity index is 1.36. The number of carbonyl (C=O) groups is 1. The first-order valence-electron chi connectivity index (χ1n) is 8.81. The van der Waals surface area contributed by atoms with Gasteiger partial charge >= 0.3 is 0 Å². The number of hydrogen-bond acceptors (Lipinski definition) is 2. The van der Waals surface area contributed by atoms with Crippen molar-refractivity contribution in [3.63, 3.8) is 0 Å². The minimum Gasteiger partial charge on any atom is -0.311 e. The second-order valence-electron chi connectivity index (χ2n) is 7.27. The molecule has 2 aromatic carbocycles. The molecule has 0 aliphatic carbocycles. The van der Waals surface area contributed by atoms with Gasteiger partial charge in [-0.05, 0) is 50.6 Å². The highest BCUT2D eigenvalue weighted by Gasteiger charge is 2.53. The summed E-state index contributed by atoms with van der Waals surface area (Å²) in [6.45, 7) is 6.05. The minimum absolute atomic E-state index is 0.0983. The molecule has 1 spiro atoms. The van der Waals surface area contributed by atoms with E-state index in [1.54, 1.807) is 0 Å². The summed E-state index contributed by atoms with van der Waals surface area (Å²) in [7, 11) is 0. The normalized spacial score (nSPS) is 20.2. The Morgan fingerprint density at radius 1 is 1.00 bits per heavy atom. The predicted octanol–water partition coefficient (Wildman–Crippen LogP) is 3.62. The van der Waals surface area contributed by atoms with Gasteiger partial charge in [-0.2, -0.15) is 0 Å². The van der Waals surface area contributed by atoms with Gasteiger partial charge in [0.25, 0.3) is 0 Å². The number of β-lactam (4-membered cyclic amide) rings is 1. The standard InChI is InChI=1S/C21H24N2O/c1-17-6-5-7-18(14-17)15-22-12-10-21(11-13-22)16-23(20(21)24)19-8-3-2-4-9-19/h2-9,14H,10-13,15-16H2,1H3. The van der Waals surface area contributed by atoms with E-state index in [1.165, 1.54) is 11.1 Å². The van der Waals surface area contributed by atoms with Gasteiger partial charge in [0, 0.05) is 18.8 Å². The van der Waals surface area contributed by atoms with Crippen LogP contribution in [-0.4, -0.2) is 30.4 Å². The van der Waals surface area contributed by atoms with Crippen molar-refractivity contribution in [3.05, 3.63) is 65.7 Å². The fraction of sp³-hybridized carbons (Fsp3) is 0.381. The van der Waals surface area contributed by atoms with Gasteiger partial charge < -0.3 is 4.90 Å². The lowest BCUT2D eigenvalue weighted by atomic mass is 9.70. The molecule has 4 rings (SSSR count). The molecule has 0 saturated carbocycles. The summed E-state index contributed by atoms with van der Waals surface area (Å²) in [6.07, 6.45) is 1.97. The maximum Gasteiger partial charge on any atom is 0.235 e. The van der Waals surface area contributed by atoms with Crippen molar-refractivity contribution in [1.29, 1.82) is 0 Å². The van der Waals surface area contributed by atoms with Crippen LogP contribution in [0, 0.1) is 12.3 Å². The molecule has 3 nitrogen and oxygen atoms in total. The van der Waals surface area contributed by atoms with Crippen molar-refractivity contribution in [3.8, 4) is 0 Å². The van der Waals surface area contributed by atoms with Gasteiger partial charge in [-0.25, -0.2) is 0 Å². The van der Waals surface area contributed by atoms with Crippen LogP contribution >= 0.6 is 0 Å². The Hall–Kier alpha value is -2.13. The second kappa shape index (κ2) is 6.06. The van der Waals surface area contributed by atoms with Crippen LogP contribution in [0.4, 0.5) is 5.69 Å². The number of likely N-dealkylation sites (tertiary alicyclic amines) is 1. The van der Waals surface area contributed by atoms with Crippen LogP contribution in [0.25, 0.3) is 0 Å². The molecule has 2 saturated heterocycles. The third-order valence-corrected chi connectivity index (χ3v) is 5.53. The van der Waals surface area contributed by atoms with Crippen LogP contribution in [0.5, 0.6) is 0 Å². The highest BCUT2D eigenvalue weighted by atomic mass is 16.2. The summed E-state index contributed by atoms with van der Waals surface area (Å²) >= 11 is 0. The zero-order chi connectivity index (χ0) is 16.6. The van der Waals surface area contributed by atoms with Crippen LogP contribution in [0.3, 0.4) is 0 Å². The lowest BCUT2D eigenvalue weighted by molar-refractivity contribution is -0.138. The van der Waals surface area contributed by atoms with Crippen molar-refractivity contribution in [2.75, 3.05) is 24.5 Å². The Morgan fingerprint density at radius 2 is 1.75 bits per heavy atom. The summed E-state index contributed by atoms with van der Waals surface area (Å²) in [5.41, 5.74) is 3.62. The molecule has 124 valence electrons. The van der Waals surface area contributed by atoms with Gasteiger partial charge in [0.15, 0.2) is 0 Å². The molecule has 2 aliphatic heterocycles. The number of hydrogen-bond donors (Lipinski definition) is 0. The first-order chi connectivity index (χ1) is 11.7. The molecule has 0 atom stereocenters. The van der Waals surface area contributed by atoms with Gasteiger partial charge in [-0.3, -0.25) is 9.69 Å². The number of anilines is 1. The van der Waals surface area contributed by atoms with E-state index in [4.69, 9.17) is 0 Å². The number of para-hydroxylation sites is 1. The number of benzene rings is 2. The maximum atomic E-state index is 12.8. The van der Waals surface area contributed by atoms with E-state index in [0.717, 1.165) is 44.7 Å². The molecule has 0 unspecified atom stereocenters.